The maximum absolute atomic E-state index is 12.6. The number of carbonyl (C=O) groups excluding carboxylic acids is 1. The Morgan fingerprint density at radius 1 is 1.42 bits per heavy atom. The number of nitrogens with zero attached hydrogens (tertiary/aromatic N) is 1. The summed E-state index contributed by atoms with van der Waals surface area (Å²) >= 11 is 0. The number of amides is 1. The Kier molecular flexibility index (Phi) is 6.53. The quantitative estimate of drug-likeness (QED) is 0.815. The molecule has 4 nitrogen and oxygen atoms in total. The summed E-state index contributed by atoms with van der Waals surface area (Å²) in [4.78, 5) is 14.4. The van der Waals surface area contributed by atoms with Crippen LogP contribution in [0.5, 0.6) is 0 Å². The molecule has 1 unspecified atom stereocenters. The average Bonchev–Trinajstić information content (AvgIpc) is 2.40. The van der Waals surface area contributed by atoms with Crippen molar-refractivity contribution in [3.05, 3.63) is 35.4 Å². The van der Waals surface area contributed by atoms with Crippen molar-refractivity contribution in [1.82, 2.24) is 4.90 Å². The van der Waals surface area contributed by atoms with Gasteiger partial charge in [0.15, 0.2) is 0 Å². The summed E-state index contributed by atoms with van der Waals surface area (Å²) < 4.78 is 5.14. The van der Waals surface area contributed by atoms with Gasteiger partial charge in [-0.05, 0) is 38.4 Å². The minimum Gasteiger partial charge on any atom is -0.383 e. The molecule has 106 valence electrons. The van der Waals surface area contributed by atoms with Gasteiger partial charge in [-0.2, -0.15) is 0 Å². The van der Waals surface area contributed by atoms with Crippen LogP contribution in [0.1, 0.15) is 29.8 Å². The molecule has 1 aromatic rings. The molecular weight excluding hydrogens is 240 g/mol. The second-order valence-corrected chi connectivity index (χ2v) is 4.59. The molecule has 1 amide bonds. The van der Waals surface area contributed by atoms with E-state index in [2.05, 4.69) is 0 Å². The van der Waals surface area contributed by atoms with E-state index in [0.717, 1.165) is 17.5 Å². The molecule has 0 saturated heterocycles. The van der Waals surface area contributed by atoms with Gasteiger partial charge in [-0.3, -0.25) is 4.79 Å². The Morgan fingerprint density at radius 2 is 2.11 bits per heavy atom. The second-order valence-electron chi connectivity index (χ2n) is 4.59. The van der Waals surface area contributed by atoms with Crippen molar-refractivity contribution in [2.75, 3.05) is 26.8 Å². The first-order valence-electron chi connectivity index (χ1n) is 6.73. The molecule has 0 aliphatic heterocycles. The van der Waals surface area contributed by atoms with E-state index < -0.39 is 0 Å². The van der Waals surface area contributed by atoms with E-state index in [0.29, 0.717) is 19.7 Å². The number of hydrogen-bond donors (Lipinski definition) is 1. The van der Waals surface area contributed by atoms with Gasteiger partial charge in [0, 0.05) is 19.2 Å². The first-order valence-corrected chi connectivity index (χ1v) is 6.73. The van der Waals surface area contributed by atoms with Gasteiger partial charge in [0.2, 0.25) is 0 Å². The molecule has 0 aliphatic rings. The molecule has 0 spiro atoms. The van der Waals surface area contributed by atoms with Crippen molar-refractivity contribution in [2.45, 2.75) is 26.3 Å². The highest BCUT2D eigenvalue weighted by molar-refractivity contribution is 5.95. The number of likely N-dealkylation sites (N-methyl/N-ethyl adjacent to an activating group) is 1. The molecule has 1 rings (SSSR count). The van der Waals surface area contributed by atoms with Crippen molar-refractivity contribution < 1.29 is 9.53 Å². The summed E-state index contributed by atoms with van der Waals surface area (Å²) in [7, 11) is 1.65. The summed E-state index contributed by atoms with van der Waals surface area (Å²) in [5.74, 6) is 0.0519. The molecule has 0 radical (unpaired) electrons. The number of methoxy groups -OCH3 is 1. The zero-order chi connectivity index (χ0) is 14.3. The van der Waals surface area contributed by atoms with Gasteiger partial charge >= 0.3 is 0 Å². The molecule has 0 bridgehead atoms. The van der Waals surface area contributed by atoms with Crippen LogP contribution in [-0.4, -0.2) is 43.7 Å². The highest BCUT2D eigenvalue weighted by Gasteiger charge is 2.21. The summed E-state index contributed by atoms with van der Waals surface area (Å²) in [5, 5.41) is 0. The lowest BCUT2D eigenvalue weighted by Crippen LogP contribution is -2.41. The number of hydrogen-bond acceptors (Lipinski definition) is 3. The molecule has 0 saturated carbocycles. The van der Waals surface area contributed by atoms with E-state index in [1.165, 1.54) is 0 Å². The fourth-order valence-corrected chi connectivity index (χ4v) is 2.24. The highest BCUT2D eigenvalue weighted by Crippen LogP contribution is 2.14. The Bertz CT molecular complexity index is 407. The van der Waals surface area contributed by atoms with Crippen LogP contribution in [0.3, 0.4) is 0 Å². The van der Waals surface area contributed by atoms with Crippen LogP contribution < -0.4 is 5.73 Å². The van der Waals surface area contributed by atoms with Crippen LogP contribution in [0.4, 0.5) is 0 Å². The molecule has 0 fully saturated rings. The molecule has 2 N–H and O–H groups in total. The van der Waals surface area contributed by atoms with E-state index >= 15 is 0 Å². The van der Waals surface area contributed by atoms with Crippen LogP contribution in [0.25, 0.3) is 0 Å². The summed E-state index contributed by atoms with van der Waals surface area (Å²) in [6, 6.07) is 7.73. The fraction of sp³-hybridized carbons (Fsp3) is 0.533. The third-order valence-corrected chi connectivity index (χ3v) is 3.20. The van der Waals surface area contributed by atoms with E-state index in [4.69, 9.17) is 10.5 Å². The molecule has 4 heteroatoms. The first-order chi connectivity index (χ1) is 9.15. The van der Waals surface area contributed by atoms with Gasteiger partial charge in [0.05, 0.1) is 12.6 Å². The maximum Gasteiger partial charge on any atom is 0.254 e. The molecule has 0 aliphatic carbocycles. The molecular formula is C15H24N2O2. The lowest BCUT2D eigenvalue weighted by Gasteiger charge is -2.28. The lowest BCUT2D eigenvalue weighted by atomic mass is 10.0. The number of carbonyl (C=O) groups is 1. The smallest absolute Gasteiger partial charge is 0.254 e. The third kappa shape index (κ3) is 4.04. The van der Waals surface area contributed by atoms with Gasteiger partial charge in [0.25, 0.3) is 5.91 Å². The third-order valence-electron chi connectivity index (χ3n) is 3.20. The van der Waals surface area contributed by atoms with Crippen molar-refractivity contribution in [3.8, 4) is 0 Å². The van der Waals surface area contributed by atoms with Gasteiger partial charge < -0.3 is 15.4 Å². The zero-order valence-electron chi connectivity index (χ0n) is 12.1. The number of rotatable bonds is 7. The zero-order valence-corrected chi connectivity index (χ0v) is 12.1. The molecule has 1 aromatic carbocycles. The van der Waals surface area contributed by atoms with Gasteiger partial charge in [-0.15, -0.1) is 0 Å². The Morgan fingerprint density at radius 3 is 2.68 bits per heavy atom. The molecule has 1 atom stereocenters. The van der Waals surface area contributed by atoms with Gasteiger partial charge in [0.1, 0.15) is 0 Å². The van der Waals surface area contributed by atoms with Crippen LogP contribution in [0, 0.1) is 0 Å². The highest BCUT2D eigenvalue weighted by atomic mass is 16.5. The predicted octanol–water partition coefficient (Wildman–Crippen LogP) is 1.68. The van der Waals surface area contributed by atoms with Crippen molar-refractivity contribution in [2.24, 2.45) is 5.73 Å². The minimum absolute atomic E-state index is 0.0519. The van der Waals surface area contributed by atoms with Gasteiger partial charge in [-0.1, -0.05) is 18.2 Å². The van der Waals surface area contributed by atoms with Crippen LogP contribution >= 0.6 is 0 Å². The van der Waals surface area contributed by atoms with E-state index in [9.17, 15) is 4.79 Å². The Hall–Kier alpha value is -1.39. The Labute approximate surface area is 115 Å². The number of benzene rings is 1. The number of ether oxygens (including phenoxy) is 1. The lowest BCUT2D eigenvalue weighted by molar-refractivity contribution is 0.0578. The molecule has 0 aromatic heterocycles. The normalized spacial score (nSPS) is 12.2. The first kappa shape index (κ1) is 15.7. The van der Waals surface area contributed by atoms with E-state index in [1.807, 2.05) is 43.0 Å². The summed E-state index contributed by atoms with van der Waals surface area (Å²) in [6.45, 7) is 5.73. The topological polar surface area (TPSA) is 55.6 Å². The largest absolute Gasteiger partial charge is 0.383 e. The summed E-state index contributed by atoms with van der Waals surface area (Å²) in [5.41, 5.74) is 7.36. The number of nitrogens with two attached hydrogens (primary N) is 1. The molecule has 19 heavy (non-hydrogen) atoms. The van der Waals surface area contributed by atoms with E-state index in [1.54, 1.807) is 7.11 Å². The maximum atomic E-state index is 12.6. The van der Waals surface area contributed by atoms with Crippen molar-refractivity contribution >= 4 is 5.91 Å². The van der Waals surface area contributed by atoms with Crippen molar-refractivity contribution in [3.63, 3.8) is 0 Å². The Balaban J connectivity index is 2.97. The molecule has 0 heterocycles. The van der Waals surface area contributed by atoms with Crippen LogP contribution in [0.2, 0.25) is 0 Å². The van der Waals surface area contributed by atoms with Crippen LogP contribution in [0.15, 0.2) is 24.3 Å². The predicted molar refractivity (Wildman–Crippen MR) is 77.2 cm³/mol. The monoisotopic (exact) mass is 264 g/mol. The SMILES string of the molecule is CCN(C(=O)c1ccccc1CCN)C(C)COC. The second kappa shape index (κ2) is 7.92. The minimum atomic E-state index is 0.0519. The van der Waals surface area contributed by atoms with Crippen LogP contribution in [-0.2, 0) is 11.2 Å². The van der Waals surface area contributed by atoms with Crippen molar-refractivity contribution in [1.29, 1.82) is 0 Å². The van der Waals surface area contributed by atoms with Gasteiger partial charge in [-0.25, -0.2) is 0 Å². The fourth-order valence-electron chi connectivity index (χ4n) is 2.24. The average molecular weight is 264 g/mol. The summed E-state index contributed by atoms with van der Waals surface area (Å²) in [6.07, 6.45) is 0.720. The van der Waals surface area contributed by atoms with E-state index in [-0.39, 0.29) is 11.9 Å². The standard InChI is InChI=1S/C15H24N2O2/c1-4-17(12(2)11-19-3)15(18)14-8-6-5-7-13(14)9-10-16/h5-8,12H,4,9-11,16H2,1-3H3.